The molecule has 0 radical (unpaired) electrons. The van der Waals surface area contributed by atoms with Gasteiger partial charge in [0.1, 0.15) is 5.75 Å². The van der Waals surface area contributed by atoms with Gasteiger partial charge in [-0.1, -0.05) is 44.2 Å². The van der Waals surface area contributed by atoms with Gasteiger partial charge in [0.15, 0.2) is 0 Å². The molecule has 3 aromatic rings. The topological polar surface area (TPSA) is 139 Å². The van der Waals surface area contributed by atoms with E-state index in [1.54, 1.807) is 19.1 Å². The zero-order chi connectivity index (χ0) is 29.4. The van der Waals surface area contributed by atoms with Crippen LogP contribution in [0, 0.1) is 23.0 Å². The molecule has 40 heavy (non-hydrogen) atoms. The van der Waals surface area contributed by atoms with Crippen LogP contribution in [0.25, 0.3) is 0 Å². The lowest BCUT2D eigenvalue weighted by Gasteiger charge is -2.31. The minimum atomic E-state index is -3.98. The van der Waals surface area contributed by atoms with Gasteiger partial charge in [-0.2, -0.15) is 4.31 Å². The number of aryl methyl sites for hydroxylation is 1. The molecule has 0 aliphatic heterocycles. The molecule has 1 amide bonds. The SMILES string of the molecule is COc1ccc(S(=O)(=O)N(CC(C)C)C[C@@H](O)[C@H](Cc2ccccc2)NC(=O)c2ccc([N+](=O)[O-])cc2C)cc1. The van der Waals surface area contributed by atoms with E-state index in [4.69, 9.17) is 4.74 Å². The first kappa shape index (κ1) is 30.7. The molecule has 0 heterocycles. The first-order valence-corrected chi connectivity index (χ1v) is 14.3. The van der Waals surface area contributed by atoms with Crippen LogP contribution in [0.3, 0.4) is 0 Å². The number of nitrogens with one attached hydrogen (secondary N) is 1. The fraction of sp³-hybridized carbons (Fsp3) is 0.345. The second kappa shape index (κ2) is 13.5. The molecule has 0 aromatic heterocycles. The van der Waals surface area contributed by atoms with Crippen molar-refractivity contribution in [2.45, 2.75) is 44.2 Å². The number of aliphatic hydroxyl groups excluding tert-OH is 1. The third kappa shape index (κ3) is 7.87. The van der Waals surface area contributed by atoms with Crippen molar-refractivity contribution in [2.24, 2.45) is 5.92 Å². The van der Waals surface area contributed by atoms with Crippen LogP contribution in [0.4, 0.5) is 5.69 Å². The van der Waals surface area contributed by atoms with Crippen LogP contribution in [0.15, 0.2) is 77.7 Å². The number of carbonyl (C=O) groups excluding carboxylic acids is 1. The van der Waals surface area contributed by atoms with Crippen LogP contribution in [-0.4, -0.2) is 61.0 Å². The molecular formula is C29H35N3O7S. The summed E-state index contributed by atoms with van der Waals surface area (Å²) in [6.45, 7) is 5.24. The number of ether oxygens (including phenoxy) is 1. The molecule has 0 aliphatic carbocycles. The van der Waals surface area contributed by atoms with Gasteiger partial charge < -0.3 is 15.2 Å². The van der Waals surface area contributed by atoms with Crippen molar-refractivity contribution in [1.29, 1.82) is 0 Å². The van der Waals surface area contributed by atoms with Crippen molar-refractivity contribution < 1.29 is 28.0 Å². The standard InChI is InChI=1S/C29H35N3O7S/c1-20(2)18-31(40(37,38)25-13-11-24(39-4)12-14-25)19-28(33)27(17-22-8-6-5-7-9-22)30-29(34)26-15-10-23(32(35)36)16-21(26)3/h5-16,20,27-28,33H,17-19H2,1-4H3,(H,30,34)/t27-,28+/m0/s1. The van der Waals surface area contributed by atoms with E-state index in [0.717, 1.165) is 5.56 Å². The van der Waals surface area contributed by atoms with Crippen LogP contribution in [0.1, 0.15) is 35.3 Å². The van der Waals surface area contributed by atoms with Crippen molar-refractivity contribution in [1.82, 2.24) is 9.62 Å². The second-order valence-corrected chi connectivity index (χ2v) is 11.9. The van der Waals surface area contributed by atoms with E-state index < -0.39 is 33.0 Å². The van der Waals surface area contributed by atoms with Crippen LogP contribution in [-0.2, 0) is 16.4 Å². The molecule has 0 saturated heterocycles. The Kier molecular flexibility index (Phi) is 10.4. The maximum atomic E-state index is 13.6. The third-order valence-corrected chi connectivity index (χ3v) is 8.25. The summed E-state index contributed by atoms with van der Waals surface area (Å²) in [6, 6.07) is 18.3. The van der Waals surface area contributed by atoms with Crippen molar-refractivity contribution in [2.75, 3.05) is 20.2 Å². The monoisotopic (exact) mass is 569 g/mol. The third-order valence-electron chi connectivity index (χ3n) is 6.40. The number of hydrogen-bond donors (Lipinski definition) is 2. The molecule has 10 nitrogen and oxygen atoms in total. The summed E-state index contributed by atoms with van der Waals surface area (Å²) in [6.07, 6.45) is -1.04. The van der Waals surface area contributed by atoms with Gasteiger partial charge in [-0.25, -0.2) is 8.42 Å². The van der Waals surface area contributed by atoms with Gasteiger partial charge in [0.25, 0.3) is 11.6 Å². The lowest BCUT2D eigenvalue weighted by atomic mass is 9.99. The number of rotatable bonds is 13. The zero-order valence-electron chi connectivity index (χ0n) is 23.0. The minimum Gasteiger partial charge on any atom is -0.497 e. The summed E-state index contributed by atoms with van der Waals surface area (Å²) in [5, 5.41) is 25.3. The highest BCUT2D eigenvalue weighted by atomic mass is 32.2. The first-order valence-electron chi connectivity index (χ1n) is 12.8. The van der Waals surface area contributed by atoms with E-state index in [1.807, 2.05) is 44.2 Å². The largest absolute Gasteiger partial charge is 0.497 e. The molecule has 3 rings (SSSR count). The summed E-state index contributed by atoms with van der Waals surface area (Å²) in [5.41, 5.74) is 1.33. The normalized spacial score (nSPS) is 13.2. The lowest BCUT2D eigenvalue weighted by Crippen LogP contribution is -2.51. The Morgan fingerprint density at radius 2 is 1.70 bits per heavy atom. The number of benzene rings is 3. The van der Waals surface area contributed by atoms with Gasteiger partial charge in [0.05, 0.1) is 29.1 Å². The Bertz CT molecular complexity index is 1410. The van der Waals surface area contributed by atoms with E-state index in [9.17, 15) is 28.4 Å². The molecule has 0 bridgehead atoms. The van der Waals surface area contributed by atoms with Gasteiger partial charge in [0, 0.05) is 30.8 Å². The van der Waals surface area contributed by atoms with E-state index in [2.05, 4.69) is 5.32 Å². The molecular weight excluding hydrogens is 534 g/mol. The molecule has 214 valence electrons. The molecule has 2 atom stereocenters. The maximum Gasteiger partial charge on any atom is 0.269 e. The Labute approximate surface area is 234 Å². The quantitative estimate of drug-likeness (QED) is 0.235. The molecule has 3 aromatic carbocycles. The number of nitro groups is 1. The number of methoxy groups -OCH3 is 1. The van der Waals surface area contributed by atoms with Gasteiger partial charge in [0.2, 0.25) is 10.0 Å². The molecule has 0 saturated carbocycles. The summed E-state index contributed by atoms with van der Waals surface area (Å²) >= 11 is 0. The fourth-order valence-corrected chi connectivity index (χ4v) is 5.95. The lowest BCUT2D eigenvalue weighted by molar-refractivity contribution is -0.384. The zero-order valence-corrected chi connectivity index (χ0v) is 23.8. The number of sulfonamides is 1. The minimum absolute atomic E-state index is 0.0369. The Morgan fingerprint density at radius 1 is 1.05 bits per heavy atom. The molecule has 11 heteroatoms. The number of carbonyl (C=O) groups is 1. The Morgan fingerprint density at radius 3 is 2.25 bits per heavy atom. The van der Waals surface area contributed by atoms with E-state index >= 15 is 0 Å². The summed E-state index contributed by atoms with van der Waals surface area (Å²) in [4.78, 5) is 23.9. The van der Waals surface area contributed by atoms with Crippen LogP contribution < -0.4 is 10.1 Å². The van der Waals surface area contributed by atoms with Crippen LogP contribution in [0.5, 0.6) is 5.75 Å². The van der Waals surface area contributed by atoms with Gasteiger partial charge in [-0.15, -0.1) is 0 Å². The van der Waals surface area contributed by atoms with Gasteiger partial charge >= 0.3 is 0 Å². The van der Waals surface area contributed by atoms with Crippen LogP contribution in [0.2, 0.25) is 0 Å². The molecule has 2 N–H and O–H groups in total. The number of nitro benzene ring substituents is 1. The summed E-state index contributed by atoms with van der Waals surface area (Å²) < 4.78 is 33.5. The fourth-order valence-electron chi connectivity index (χ4n) is 4.32. The smallest absolute Gasteiger partial charge is 0.269 e. The predicted octanol–water partition coefficient (Wildman–Crippen LogP) is 3.96. The molecule has 0 unspecified atom stereocenters. The molecule has 0 spiro atoms. The van der Waals surface area contributed by atoms with Crippen molar-refractivity contribution in [3.8, 4) is 5.75 Å². The maximum absolute atomic E-state index is 13.6. The van der Waals surface area contributed by atoms with Gasteiger partial charge in [-0.05, 0) is 60.7 Å². The summed E-state index contributed by atoms with van der Waals surface area (Å²) in [7, 11) is -2.49. The van der Waals surface area contributed by atoms with E-state index in [0.29, 0.717) is 11.3 Å². The summed E-state index contributed by atoms with van der Waals surface area (Å²) in [5.74, 6) is -0.0486. The number of hydrogen-bond acceptors (Lipinski definition) is 7. The van der Waals surface area contributed by atoms with Crippen molar-refractivity contribution >= 4 is 21.6 Å². The second-order valence-electron chi connectivity index (χ2n) is 9.98. The molecule has 0 aliphatic rings. The Hall–Kier alpha value is -3.80. The number of nitrogens with zero attached hydrogens (tertiary/aromatic N) is 2. The van der Waals surface area contributed by atoms with Crippen LogP contribution >= 0.6 is 0 Å². The number of amides is 1. The van der Waals surface area contributed by atoms with E-state index in [1.165, 1.54) is 41.7 Å². The first-order chi connectivity index (χ1) is 18.9. The Balaban J connectivity index is 1.91. The van der Waals surface area contributed by atoms with E-state index in [-0.39, 0.29) is 41.6 Å². The number of non-ortho nitro benzene ring substituents is 1. The predicted molar refractivity (Wildman–Crippen MR) is 152 cm³/mol. The average molecular weight is 570 g/mol. The highest BCUT2D eigenvalue weighted by Gasteiger charge is 2.31. The van der Waals surface area contributed by atoms with Crippen molar-refractivity contribution in [3.05, 3.63) is 99.6 Å². The highest BCUT2D eigenvalue weighted by molar-refractivity contribution is 7.89. The average Bonchev–Trinajstić information content (AvgIpc) is 2.92. The van der Waals surface area contributed by atoms with Crippen molar-refractivity contribution in [3.63, 3.8) is 0 Å². The molecule has 0 fully saturated rings. The van der Waals surface area contributed by atoms with Gasteiger partial charge in [-0.3, -0.25) is 14.9 Å². The highest BCUT2D eigenvalue weighted by Crippen LogP contribution is 2.22. The number of aliphatic hydroxyl groups is 1.